The average molecular weight is 299 g/mol. The van der Waals surface area contributed by atoms with Gasteiger partial charge in [-0.3, -0.25) is 19.8 Å². The number of amides is 1. The molecule has 0 aromatic heterocycles. The van der Waals surface area contributed by atoms with Crippen molar-refractivity contribution in [2.75, 3.05) is 32.7 Å². The van der Waals surface area contributed by atoms with E-state index in [1.165, 1.54) is 0 Å². The van der Waals surface area contributed by atoms with Gasteiger partial charge in [0.1, 0.15) is 0 Å². The Balaban J connectivity index is 2.65. The molecule has 0 saturated carbocycles. The van der Waals surface area contributed by atoms with Crippen LogP contribution < -0.4 is 5.32 Å². The molecule has 0 aromatic carbocycles. The summed E-state index contributed by atoms with van der Waals surface area (Å²) in [5.74, 6) is -0.697. The van der Waals surface area contributed by atoms with Gasteiger partial charge in [0, 0.05) is 18.6 Å². The number of nitrogens with zero attached hydrogens (tertiary/aromatic N) is 2. The maximum Gasteiger partial charge on any atom is 0.317 e. The molecule has 0 bridgehead atoms. The molecule has 0 unspecified atom stereocenters. The molecule has 1 fully saturated rings. The smallest absolute Gasteiger partial charge is 0.317 e. The van der Waals surface area contributed by atoms with E-state index in [0.717, 1.165) is 25.9 Å². The van der Waals surface area contributed by atoms with E-state index < -0.39 is 5.97 Å². The van der Waals surface area contributed by atoms with Crippen LogP contribution in [0.4, 0.5) is 0 Å². The highest BCUT2D eigenvalue weighted by Gasteiger charge is 2.38. The van der Waals surface area contributed by atoms with Crippen LogP contribution in [0.1, 0.15) is 40.5 Å². The molecule has 1 heterocycles. The second kappa shape index (κ2) is 7.75. The third-order valence-corrected chi connectivity index (χ3v) is 4.38. The number of carbonyl (C=O) groups is 2. The van der Waals surface area contributed by atoms with Crippen LogP contribution in [-0.4, -0.2) is 71.1 Å². The van der Waals surface area contributed by atoms with E-state index in [1.54, 1.807) is 0 Å². The highest BCUT2D eigenvalue weighted by molar-refractivity contribution is 5.82. The topological polar surface area (TPSA) is 72.9 Å². The number of hydrogen-bond donors (Lipinski definition) is 2. The second-order valence-electron chi connectivity index (χ2n) is 5.96. The molecule has 1 aliphatic heterocycles. The van der Waals surface area contributed by atoms with Crippen molar-refractivity contribution in [1.82, 2.24) is 15.1 Å². The van der Waals surface area contributed by atoms with Crippen molar-refractivity contribution in [1.29, 1.82) is 0 Å². The number of carboxylic acid groups (broad SMARTS) is 1. The molecule has 0 spiro atoms. The standard InChI is InChI=1S/C15H29N3O3/c1-5-12(17(6-2)7-3)14(21)18-9-8-15(4,11-18)16-10-13(19)20/h12,16H,5-11H2,1-4H3,(H,19,20)/t12-,15+/m1/s1. The zero-order valence-corrected chi connectivity index (χ0v) is 13.7. The zero-order valence-electron chi connectivity index (χ0n) is 13.7. The van der Waals surface area contributed by atoms with Gasteiger partial charge >= 0.3 is 5.97 Å². The fourth-order valence-corrected chi connectivity index (χ4v) is 3.05. The fraction of sp³-hybridized carbons (Fsp3) is 0.867. The third-order valence-electron chi connectivity index (χ3n) is 4.38. The molecule has 122 valence electrons. The van der Waals surface area contributed by atoms with Gasteiger partial charge in [0.05, 0.1) is 12.6 Å². The van der Waals surface area contributed by atoms with Crippen molar-refractivity contribution in [2.45, 2.75) is 52.1 Å². The Morgan fingerprint density at radius 1 is 1.33 bits per heavy atom. The van der Waals surface area contributed by atoms with Gasteiger partial charge in [-0.2, -0.15) is 0 Å². The third kappa shape index (κ3) is 4.68. The zero-order chi connectivity index (χ0) is 16.0. The largest absolute Gasteiger partial charge is 0.480 e. The fourth-order valence-electron chi connectivity index (χ4n) is 3.05. The lowest BCUT2D eigenvalue weighted by Gasteiger charge is -2.32. The van der Waals surface area contributed by atoms with Crippen LogP contribution >= 0.6 is 0 Å². The number of hydrogen-bond acceptors (Lipinski definition) is 4. The van der Waals surface area contributed by atoms with E-state index in [-0.39, 0.29) is 24.0 Å². The molecular formula is C15H29N3O3. The molecule has 2 N–H and O–H groups in total. The molecule has 0 radical (unpaired) electrons. The quantitative estimate of drug-likeness (QED) is 0.693. The summed E-state index contributed by atoms with van der Waals surface area (Å²) < 4.78 is 0. The van der Waals surface area contributed by atoms with E-state index in [1.807, 2.05) is 18.7 Å². The molecule has 1 saturated heterocycles. The van der Waals surface area contributed by atoms with Gasteiger partial charge in [0.15, 0.2) is 0 Å². The second-order valence-corrected chi connectivity index (χ2v) is 5.96. The first-order valence-corrected chi connectivity index (χ1v) is 7.86. The number of carbonyl (C=O) groups excluding carboxylic acids is 1. The summed E-state index contributed by atoms with van der Waals surface area (Å²) >= 11 is 0. The average Bonchev–Trinajstić information content (AvgIpc) is 2.85. The lowest BCUT2D eigenvalue weighted by atomic mass is 10.0. The van der Waals surface area contributed by atoms with Crippen molar-refractivity contribution in [3.8, 4) is 0 Å². The summed E-state index contributed by atoms with van der Waals surface area (Å²) in [6.07, 6.45) is 1.59. The van der Waals surface area contributed by atoms with Crippen LogP contribution in [0.25, 0.3) is 0 Å². The summed E-state index contributed by atoms with van der Waals surface area (Å²) in [7, 11) is 0. The van der Waals surface area contributed by atoms with Gasteiger partial charge in [0.25, 0.3) is 0 Å². The first-order chi connectivity index (χ1) is 9.86. The highest BCUT2D eigenvalue weighted by Crippen LogP contribution is 2.22. The summed E-state index contributed by atoms with van der Waals surface area (Å²) in [5.41, 5.74) is -0.296. The van der Waals surface area contributed by atoms with E-state index >= 15 is 0 Å². The van der Waals surface area contributed by atoms with Gasteiger partial charge in [-0.25, -0.2) is 0 Å². The number of rotatable bonds is 8. The van der Waals surface area contributed by atoms with Gasteiger partial charge < -0.3 is 10.0 Å². The Kier molecular flexibility index (Phi) is 6.61. The molecule has 1 rings (SSSR count). The van der Waals surface area contributed by atoms with Gasteiger partial charge in [-0.1, -0.05) is 20.8 Å². The predicted molar refractivity (Wildman–Crippen MR) is 82.2 cm³/mol. The molecule has 21 heavy (non-hydrogen) atoms. The maximum absolute atomic E-state index is 12.7. The normalized spacial score (nSPS) is 23.6. The summed E-state index contributed by atoms with van der Waals surface area (Å²) in [6, 6.07) is -0.0678. The maximum atomic E-state index is 12.7. The van der Waals surface area contributed by atoms with Crippen LogP contribution in [0, 0.1) is 0 Å². The Hall–Kier alpha value is -1.14. The molecular weight excluding hydrogens is 270 g/mol. The van der Waals surface area contributed by atoms with Gasteiger partial charge in [0.2, 0.25) is 5.91 Å². The lowest BCUT2D eigenvalue weighted by molar-refractivity contribution is -0.136. The Bertz CT molecular complexity index is 371. The van der Waals surface area contributed by atoms with Gasteiger partial charge in [-0.05, 0) is 32.9 Å². The van der Waals surface area contributed by atoms with Crippen molar-refractivity contribution >= 4 is 11.9 Å². The minimum absolute atomic E-state index is 0.0637. The Morgan fingerprint density at radius 3 is 2.43 bits per heavy atom. The Labute approximate surface area is 127 Å². The number of carboxylic acids is 1. The van der Waals surface area contributed by atoms with Crippen molar-refractivity contribution < 1.29 is 14.7 Å². The molecule has 0 aliphatic carbocycles. The van der Waals surface area contributed by atoms with Crippen molar-refractivity contribution in [2.24, 2.45) is 0 Å². The summed E-state index contributed by atoms with van der Waals surface area (Å²) in [4.78, 5) is 27.4. The van der Waals surface area contributed by atoms with Crippen LogP contribution in [0.5, 0.6) is 0 Å². The minimum atomic E-state index is -0.865. The monoisotopic (exact) mass is 299 g/mol. The first kappa shape index (κ1) is 17.9. The molecule has 2 atom stereocenters. The highest BCUT2D eigenvalue weighted by atomic mass is 16.4. The van der Waals surface area contributed by atoms with E-state index in [0.29, 0.717) is 13.1 Å². The number of nitrogens with one attached hydrogen (secondary N) is 1. The van der Waals surface area contributed by atoms with E-state index in [9.17, 15) is 9.59 Å². The number of likely N-dealkylation sites (N-methyl/N-ethyl adjacent to an activating group) is 1. The van der Waals surface area contributed by atoms with Crippen molar-refractivity contribution in [3.63, 3.8) is 0 Å². The predicted octanol–water partition coefficient (Wildman–Crippen LogP) is 0.772. The molecule has 1 amide bonds. The molecule has 6 heteroatoms. The Morgan fingerprint density at radius 2 is 1.95 bits per heavy atom. The molecule has 1 aliphatic rings. The van der Waals surface area contributed by atoms with Gasteiger partial charge in [-0.15, -0.1) is 0 Å². The SMILES string of the molecule is CC[C@H](C(=O)N1CC[C@](C)(NCC(=O)O)C1)N(CC)CC. The first-order valence-electron chi connectivity index (χ1n) is 7.86. The summed E-state index contributed by atoms with van der Waals surface area (Å²) in [5, 5.41) is 11.8. The number of aliphatic carboxylic acids is 1. The summed E-state index contributed by atoms with van der Waals surface area (Å²) in [6.45, 7) is 11.1. The minimum Gasteiger partial charge on any atom is -0.480 e. The van der Waals surface area contributed by atoms with E-state index in [4.69, 9.17) is 5.11 Å². The molecule has 6 nitrogen and oxygen atoms in total. The van der Waals surface area contributed by atoms with Crippen LogP contribution in [0.2, 0.25) is 0 Å². The lowest BCUT2D eigenvalue weighted by Crippen LogP contribution is -2.51. The van der Waals surface area contributed by atoms with E-state index in [2.05, 4.69) is 24.1 Å². The van der Waals surface area contributed by atoms with Crippen LogP contribution in [-0.2, 0) is 9.59 Å². The molecule has 0 aromatic rings. The van der Waals surface area contributed by atoms with Crippen molar-refractivity contribution in [3.05, 3.63) is 0 Å². The number of likely N-dealkylation sites (tertiary alicyclic amines) is 1. The van der Waals surface area contributed by atoms with Crippen LogP contribution in [0.15, 0.2) is 0 Å². The van der Waals surface area contributed by atoms with Crippen LogP contribution in [0.3, 0.4) is 0 Å².